The molecule has 0 radical (unpaired) electrons. The van der Waals surface area contributed by atoms with Crippen molar-refractivity contribution in [1.82, 2.24) is 5.32 Å². The van der Waals surface area contributed by atoms with Gasteiger partial charge in [0.1, 0.15) is 5.75 Å². The maximum atomic E-state index is 5.38. The maximum absolute atomic E-state index is 5.38. The summed E-state index contributed by atoms with van der Waals surface area (Å²) >= 11 is 5.38. The van der Waals surface area contributed by atoms with Crippen LogP contribution in [0, 0.1) is 6.92 Å². The third kappa shape index (κ3) is 6.11. The largest absolute Gasteiger partial charge is 0.497 e. The first-order valence-corrected chi connectivity index (χ1v) is 10.4. The van der Waals surface area contributed by atoms with Crippen LogP contribution in [0.5, 0.6) is 5.75 Å². The van der Waals surface area contributed by atoms with E-state index in [1.807, 2.05) is 12.1 Å². The molecule has 1 aliphatic rings. The van der Waals surface area contributed by atoms with Gasteiger partial charge in [-0.3, -0.25) is 0 Å². The van der Waals surface area contributed by atoms with E-state index in [0.29, 0.717) is 5.11 Å². The first kappa shape index (κ1) is 20.4. The molecule has 1 saturated heterocycles. The number of hydrogen-bond donors (Lipinski definition) is 3. The number of benzene rings is 2. The number of ether oxygens (including phenoxy) is 1. The summed E-state index contributed by atoms with van der Waals surface area (Å²) in [5.41, 5.74) is 3.57. The number of thiocarbonyl (C=S) groups is 1. The molecule has 3 rings (SSSR count). The predicted octanol–water partition coefficient (Wildman–Crippen LogP) is 2.09. The fraction of sp³-hybridized carbons (Fsp3) is 0.409. The number of aryl methyl sites for hydroxylation is 1. The van der Waals surface area contributed by atoms with Gasteiger partial charge in [-0.25, -0.2) is 0 Å². The Morgan fingerprint density at radius 3 is 2.39 bits per heavy atom. The molecule has 28 heavy (non-hydrogen) atoms. The van der Waals surface area contributed by atoms with Crippen molar-refractivity contribution in [3.63, 3.8) is 0 Å². The molecule has 150 valence electrons. The summed E-state index contributed by atoms with van der Waals surface area (Å²) < 4.78 is 5.24. The molecule has 0 aliphatic carbocycles. The molecule has 6 heteroatoms. The van der Waals surface area contributed by atoms with Crippen molar-refractivity contribution in [3.05, 3.63) is 54.1 Å². The van der Waals surface area contributed by atoms with Crippen molar-refractivity contribution in [3.8, 4) is 5.75 Å². The second kappa shape index (κ2) is 10.3. The van der Waals surface area contributed by atoms with Crippen LogP contribution in [0.15, 0.2) is 48.5 Å². The highest BCUT2D eigenvalue weighted by molar-refractivity contribution is 7.80. The summed E-state index contributed by atoms with van der Waals surface area (Å²) in [6.45, 7) is 8.72. The van der Waals surface area contributed by atoms with Gasteiger partial charge in [-0.1, -0.05) is 17.7 Å². The highest BCUT2D eigenvalue weighted by Crippen LogP contribution is 2.18. The van der Waals surface area contributed by atoms with Gasteiger partial charge in [0.2, 0.25) is 0 Å². The zero-order chi connectivity index (χ0) is 19.8. The minimum atomic E-state index is 0.697. The van der Waals surface area contributed by atoms with Crippen molar-refractivity contribution in [1.29, 1.82) is 0 Å². The lowest BCUT2D eigenvalue weighted by atomic mass is 10.2. The van der Waals surface area contributed by atoms with Gasteiger partial charge in [0.05, 0.1) is 39.8 Å². The molecule has 1 fully saturated rings. The van der Waals surface area contributed by atoms with Crippen molar-refractivity contribution in [2.45, 2.75) is 13.3 Å². The van der Waals surface area contributed by atoms with Gasteiger partial charge in [-0.05, 0) is 55.5 Å². The molecule has 0 aromatic heterocycles. The van der Waals surface area contributed by atoms with E-state index in [4.69, 9.17) is 17.0 Å². The average Bonchev–Trinajstić information content (AvgIpc) is 2.73. The SMILES string of the molecule is COc1ccc(N2CC[NH+](CCCNC(=S)Nc3ccc(C)cc3)CC2)cc1. The molecule has 0 saturated carbocycles. The Kier molecular flexibility index (Phi) is 7.51. The molecule has 0 unspecified atom stereocenters. The Morgan fingerprint density at radius 2 is 1.75 bits per heavy atom. The van der Waals surface area contributed by atoms with Crippen LogP contribution in [-0.2, 0) is 0 Å². The molecule has 0 bridgehead atoms. The third-order valence-corrected chi connectivity index (χ3v) is 5.46. The monoisotopic (exact) mass is 399 g/mol. The van der Waals surface area contributed by atoms with E-state index in [1.165, 1.54) is 30.9 Å². The number of nitrogens with one attached hydrogen (secondary N) is 3. The van der Waals surface area contributed by atoms with Crippen LogP contribution in [0.2, 0.25) is 0 Å². The Morgan fingerprint density at radius 1 is 1.07 bits per heavy atom. The Labute approximate surface area is 173 Å². The summed E-state index contributed by atoms with van der Waals surface area (Å²) in [6, 6.07) is 16.6. The first-order valence-electron chi connectivity index (χ1n) is 9.98. The van der Waals surface area contributed by atoms with Gasteiger partial charge >= 0.3 is 0 Å². The molecule has 2 aromatic rings. The van der Waals surface area contributed by atoms with Crippen LogP contribution in [0.25, 0.3) is 0 Å². The molecule has 0 spiro atoms. The quantitative estimate of drug-likeness (QED) is 0.491. The van der Waals surface area contributed by atoms with Gasteiger partial charge < -0.3 is 25.2 Å². The van der Waals surface area contributed by atoms with Gasteiger partial charge in [-0.2, -0.15) is 0 Å². The minimum Gasteiger partial charge on any atom is -0.497 e. The van der Waals surface area contributed by atoms with Crippen molar-refractivity contribution in [2.75, 3.05) is 56.6 Å². The molecule has 3 N–H and O–H groups in total. The minimum absolute atomic E-state index is 0.697. The highest BCUT2D eigenvalue weighted by atomic mass is 32.1. The van der Waals surface area contributed by atoms with Crippen LogP contribution in [0.4, 0.5) is 11.4 Å². The molecule has 1 aliphatic heterocycles. The molecule has 1 heterocycles. The molecule has 0 atom stereocenters. The number of rotatable bonds is 7. The lowest BCUT2D eigenvalue weighted by Crippen LogP contribution is -3.15. The van der Waals surface area contributed by atoms with Crippen molar-refractivity contribution >= 4 is 28.7 Å². The second-order valence-electron chi connectivity index (χ2n) is 7.29. The van der Waals surface area contributed by atoms with Crippen molar-refractivity contribution < 1.29 is 9.64 Å². The summed E-state index contributed by atoms with van der Waals surface area (Å²) in [5.74, 6) is 0.912. The number of hydrogen-bond acceptors (Lipinski definition) is 3. The van der Waals surface area contributed by atoms with Gasteiger partial charge in [0.15, 0.2) is 5.11 Å². The van der Waals surface area contributed by atoms with E-state index in [-0.39, 0.29) is 0 Å². The average molecular weight is 400 g/mol. The molecule has 0 amide bonds. The Hall–Kier alpha value is -2.31. The van der Waals surface area contributed by atoms with Crippen LogP contribution in [0.3, 0.4) is 0 Å². The topological polar surface area (TPSA) is 41.0 Å². The molecular formula is C22H31N4OS+. The standard InChI is InChI=1S/C22H30N4OS/c1-18-4-6-19(7-5-18)24-22(28)23-12-3-13-25-14-16-26(17-15-25)20-8-10-21(27-2)11-9-20/h4-11H,3,12-17H2,1-2H3,(H2,23,24,28)/p+1. The van der Waals surface area contributed by atoms with E-state index in [0.717, 1.165) is 37.5 Å². The summed E-state index contributed by atoms with van der Waals surface area (Å²) in [5, 5.41) is 7.25. The summed E-state index contributed by atoms with van der Waals surface area (Å²) in [4.78, 5) is 4.13. The maximum Gasteiger partial charge on any atom is 0.170 e. The zero-order valence-electron chi connectivity index (χ0n) is 16.8. The Balaban J connectivity index is 1.31. The van der Waals surface area contributed by atoms with Gasteiger partial charge in [-0.15, -0.1) is 0 Å². The van der Waals surface area contributed by atoms with Crippen LogP contribution < -0.4 is 25.2 Å². The van der Waals surface area contributed by atoms with Crippen LogP contribution >= 0.6 is 12.2 Å². The van der Waals surface area contributed by atoms with Crippen LogP contribution in [-0.4, -0.2) is 51.5 Å². The summed E-state index contributed by atoms with van der Waals surface area (Å²) in [6.07, 6.45) is 1.12. The highest BCUT2D eigenvalue weighted by Gasteiger charge is 2.19. The van der Waals surface area contributed by atoms with E-state index in [2.05, 4.69) is 58.9 Å². The lowest BCUT2D eigenvalue weighted by Gasteiger charge is -2.33. The fourth-order valence-electron chi connectivity index (χ4n) is 3.48. The number of quaternary nitrogens is 1. The Bertz CT molecular complexity index is 740. The third-order valence-electron chi connectivity index (χ3n) is 5.21. The number of nitrogens with zero attached hydrogens (tertiary/aromatic N) is 1. The van der Waals surface area contributed by atoms with E-state index < -0.39 is 0 Å². The van der Waals surface area contributed by atoms with Gasteiger partial charge in [0.25, 0.3) is 0 Å². The van der Waals surface area contributed by atoms with Crippen molar-refractivity contribution in [2.24, 2.45) is 0 Å². The van der Waals surface area contributed by atoms with E-state index in [9.17, 15) is 0 Å². The molecule has 2 aromatic carbocycles. The van der Waals surface area contributed by atoms with Crippen LogP contribution in [0.1, 0.15) is 12.0 Å². The lowest BCUT2D eigenvalue weighted by molar-refractivity contribution is -0.900. The normalized spacial score (nSPS) is 14.6. The summed E-state index contributed by atoms with van der Waals surface area (Å²) in [7, 11) is 1.71. The second-order valence-corrected chi connectivity index (χ2v) is 7.69. The fourth-order valence-corrected chi connectivity index (χ4v) is 3.70. The number of piperazine rings is 1. The van der Waals surface area contributed by atoms with E-state index in [1.54, 1.807) is 12.0 Å². The number of anilines is 2. The molecular weight excluding hydrogens is 368 g/mol. The zero-order valence-corrected chi connectivity index (χ0v) is 17.6. The van der Waals surface area contributed by atoms with Gasteiger partial charge in [0, 0.05) is 24.3 Å². The predicted molar refractivity (Wildman–Crippen MR) is 121 cm³/mol. The van der Waals surface area contributed by atoms with E-state index >= 15 is 0 Å². The first-order chi connectivity index (χ1) is 13.6. The molecule has 5 nitrogen and oxygen atoms in total. The smallest absolute Gasteiger partial charge is 0.170 e. The number of methoxy groups -OCH3 is 1.